The molecule has 0 radical (unpaired) electrons. The van der Waals surface area contributed by atoms with Crippen molar-refractivity contribution in [3.8, 4) is 11.8 Å². The molecule has 116 valence electrons. The number of aliphatic hydroxyl groups excluding tert-OH is 1. The molecule has 0 fully saturated rings. The average Bonchev–Trinajstić information content (AvgIpc) is 2.44. The number of aryl methyl sites for hydroxylation is 1. The molecule has 1 aromatic carbocycles. The lowest BCUT2D eigenvalue weighted by molar-refractivity contribution is 0.350. The van der Waals surface area contributed by atoms with Gasteiger partial charge >= 0.3 is 0 Å². The van der Waals surface area contributed by atoms with Crippen LogP contribution in [0.1, 0.15) is 18.1 Å². The molecule has 1 N–H and O–H groups in total. The molecule has 1 atom stereocenters. The first kappa shape index (κ1) is 18.1. The van der Waals surface area contributed by atoms with Gasteiger partial charge in [-0.15, -0.1) is 0 Å². The van der Waals surface area contributed by atoms with Gasteiger partial charge in [0.25, 0.3) is 0 Å². The fourth-order valence-electron chi connectivity index (χ4n) is 1.84. The summed E-state index contributed by atoms with van der Waals surface area (Å²) in [5.74, 6) is 5.96. The molecule has 21 heavy (non-hydrogen) atoms. The second-order valence-electron chi connectivity index (χ2n) is 4.79. The van der Waals surface area contributed by atoms with Crippen molar-refractivity contribution in [2.45, 2.75) is 24.8 Å². The van der Waals surface area contributed by atoms with Crippen LogP contribution in [-0.2, 0) is 10.0 Å². The third-order valence-corrected chi connectivity index (χ3v) is 5.97. The summed E-state index contributed by atoms with van der Waals surface area (Å²) in [5.41, 5.74) is 1.35. The van der Waals surface area contributed by atoms with Crippen LogP contribution in [0.15, 0.2) is 23.1 Å². The fourth-order valence-corrected chi connectivity index (χ4v) is 4.13. The van der Waals surface area contributed by atoms with Gasteiger partial charge in [-0.3, -0.25) is 0 Å². The van der Waals surface area contributed by atoms with Gasteiger partial charge in [0, 0.05) is 24.4 Å². The number of benzene rings is 1. The molecule has 0 saturated carbocycles. The molecule has 0 heterocycles. The smallest absolute Gasteiger partial charge is 0.244 e. The quantitative estimate of drug-likeness (QED) is 0.837. The predicted molar refractivity (Wildman–Crippen MR) is 87.9 cm³/mol. The highest BCUT2D eigenvalue weighted by molar-refractivity contribution is 7.98. The van der Waals surface area contributed by atoms with Gasteiger partial charge in [-0.2, -0.15) is 16.1 Å². The molecule has 0 aliphatic heterocycles. The Labute approximate surface area is 131 Å². The Balaban J connectivity index is 3.31. The lowest BCUT2D eigenvalue weighted by Gasteiger charge is -2.24. The highest BCUT2D eigenvalue weighted by Crippen LogP contribution is 2.22. The highest BCUT2D eigenvalue weighted by Gasteiger charge is 2.27. The molecule has 0 aliphatic carbocycles. The number of rotatable bonds is 5. The van der Waals surface area contributed by atoms with Gasteiger partial charge in [-0.1, -0.05) is 17.9 Å². The summed E-state index contributed by atoms with van der Waals surface area (Å²) in [4.78, 5) is 0.185. The van der Waals surface area contributed by atoms with Gasteiger partial charge in [-0.25, -0.2) is 8.42 Å². The zero-order chi connectivity index (χ0) is 16.0. The Hall–Kier alpha value is -1.00. The summed E-state index contributed by atoms with van der Waals surface area (Å²) in [7, 11) is -2.02. The van der Waals surface area contributed by atoms with Crippen molar-refractivity contribution < 1.29 is 13.5 Å². The fraction of sp³-hybridized carbons (Fsp3) is 0.467. The van der Waals surface area contributed by atoms with E-state index in [0.29, 0.717) is 5.56 Å². The second kappa shape index (κ2) is 7.85. The minimum absolute atomic E-state index is 0.107. The average molecular weight is 327 g/mol. The van der Waals surface area contributed by atoms with E-state index in [9.17, 15) is 8.42 Å². The molecule has 0 aliphatic rings. The van der Waals surface area contributed by atoms with E-state index in [2.05, 4.69) is 11.8 Å². The van der Waals surface area contributed by atoms with E-state index >= 15 is 0 Å². The van der Waals surface area contributed by atoms with Gasteiger partial charge in [0.15, 0.2) is 0 Å². The van der Waals surface area contributed by atoms with Crippen molar-refractivity contribution in [1.82, 2.24) is 4.31 Å². The van der Waals surface area contributed by atoms with Crippen molar-refractivity contribution >= 4 is 21.8 Å². The van der Waals surface area contributed by atoms with E-state index in [1.165, 1.54) is 4.31 Å². The Morgan fingerprint density at radius 2 is 2.10 bits per heavy atom. The van der Waals surface area contributed by atoms with E-state index < -0.39 is 10.0 Å². The van der Waals surface area contributed by atoms with E-state index in [1.54, 1.807) is 37.0 Å². The highest BCUT2D eigenvalue weighted by atomic mass is 32.2. The molecule has 0 spiro atoms. The van der Waals surface area contributed by atoms with Crippen LogP contribution < -0.4 is 0 Å². The third kappa shape index (κ3) is 4.48. The minimum Gasteiger partial charge on any atom is -0.384 e. The number of thioether (sulfide) groups is 1. The molecule has 1 unspecified atom stereocenters. The molecule has 0 saturated heterocycles. The van der Waals surface area contributed by atoms with Crippen LogP contribution in [0, 0.1) is 18.8 Å². The molecule has 1 rings (SSSR count). The summed E-state index contributed by atoms with van der Waals surface area (Å²) >= 11 is 1.60. The largest absolute Gasteiger partial charge is 0.384 e. The second-order valence-corrected chi connectivity index (χ2v) is 7.66. The zero-order valence-corrected chi connectivity index (χ0v) is 14.4. The summed E-state index contributed by atoms with van der Waals surface area (Å²) in [6.45, 7) is 3.45. The molecular weight excluding hydrogens is 306 g/mol. The minimum atomic E-state index is -3.60. The van der Waals surface area contributed by atoms with Gasteiger partial charge in [0.05, 0.1) is 4.90 Å². The predicted octanol–water partition coefficient (Wildman–Crippen LogP) is 1.71. The van der Waals surface area contributed by atoms with Crippen molar-refractivity contribution in [1.29, 1.82) is 0 Å². The summed E-state index contributed by atoms with van der Waals surface area (Å²) < 4.78 is 26.8. The molecule has 0 amide bonds. The van der Waals surface area contributed by atoms with Crippen LogP contribution in [0.5, 0.6) is 0 Å². The van der Waals surface area contributed by atoms with Crippen molar-refractivity contribution in [2.24, 2.45) is 0 Å². The molecule has 1 aromatic rings. The number of hydrogen-bond acceptors (Lipinski definition) is 4. The third-order valence-electron chi connectivity index (χ3n) is 3.12. The van der Waals surface area contributed by atoms with Gasteiger partial charge in [0.2, 0.25) is 10.0 Å². The maximum atomic E-state index is 12.7. The van der Waals surface area contributed by atoms with Gasteiger partial charge < -0.3 is 5.11 Å². The molecule has 0 bridgehead atoms. The van der Waals surface area contributed by atoms with Crippen LogP contribution >= 0.6 is 11.8 Å². The monoisotopic (exact) mass is 327 g/mol. The van der Waals surface area contributed by atoms with Crippen LogP contribution in [0.25, 0.3) is 0 Å². The summed E-state index contributed by atoms with van der Waals surface area (Å²) in [6, 6.07) is 4.95. The lowest BCUT2D eigenvalue weighted by Crippen LogP contribution is -2.36. The molecule has 4 nitrogen and oxygen atoms in total. The van der Waals surface area contributed by atoms with E-state index in [0.717, 1.165) is 11.3 Å². The normalized spacial score (nSPS) is 12.9. The molecule has 6 heteroatoms. The van der Waals surface area contributed by atoms with Crippen molar-refractivity contribution in [3.63, 3.8) is 0 Å². The number of nitrogens with zero attached hydrogens (tertiary/aromatic N) is 1. The Bertz CT molecular complexity index is 645. The number of aliphatic hydroxyl groups is 1. The molecule has 0 aromatic heterocycles. The Kier molecular flexibility index (Phi) is 6.75. The van der Waals surface area contributed by atoms with Crippen LogP contribution in [0.4, 0.5) is 0 Å². The molecular formula is C15H21NO3S2. The first-order valence-electron chi connectivity index (χ1n) is 6.52. The van der Waals surface area contributed by atoms with E-state index in [1.807, 2.05) is 20.1 Å². The van der Waals surface area contributed by atoms with E-state index in [4.69, 9.17) is 5.11 Å². The van der Waals surface area contributed by atoms with Crippen molar-refractivity contribution in [3.05, 3.63) is 29.3 Å². The lowest BCUT2D eigenvalue weighted by atomic mass is 10.1. The maximum absolute atomic E-state index is 12.7. The van der Waals surface area contributed by atoms with Gasteiger partial charge in [0.1, 0.15) is 6.61 Å². The SMILES string of the molecule is CSCC(C)N(C)S(=O)(=O)c1ccc(C)cc1C#CCO. The first-order chi connectivity index (χ1) is 9.84. The van der Waals surface area contributed by atoms with E-state index in [-0.39, 0.29) is 17.5 Å². The topological polar surface area (TPSA) is 57.6 Å². The Morgan fingerprint density at radius 3 is 2.67 bits per heavy atom. The van der Waals surface area contributed by atoms with Crippen LogP contribution in [0.2, 0.25) is 0 Å². The first-order valence-corrected chi connectivity index (χ1v) is 9.35. The zero-order valence-electron chi connectivity index (χ0n) is 12.8. The summed E-state index contributed by atoms with van der Waals surface area (Å²) in [5, 5.41) is 8.82. The van der Waals surface area contributed by atoms with Crippen molar-refractivity contribution in [2.75, 3.05) is 25.7 Å². The van der Waals surface area contributed by atoms with Gasteiger partial charge in [-0.05, 0) is 37.8 Å². The standard InChI is InChI=1S/C15H21NO3S2/c1-12-7-8-15(14(10-12)6-5-9-17)21(18,19)16(3)13(2)11-20-4/h7-8,10,13,17H,9,11H2,1-4H3. The number of sulfonamides is 1. The maximum Gasteiger partial charge on any atom is 0.244 e. The Morgan fingerprint density at radius 1 is 1.43 bits per heavy atom. The van der Waals surface area contributed by atoms with Crippen LogP contribution in [-0.4, -0.2) is 49.5 Å². The summed E-state index contributed by atoms with van der Waals surface area (Å²) in [6.07, 6.45) is 1.95. The van der Waals surface area contributed by atoms with Crippen LogP contribution in [0.3, 0.4) is 0 Å². The number of hydrogen-bond donors (Lipinski definition) is 1.